The van der Waals surface area contributed by atoms with Gasteiger partial charge in [0.2, 0.25) is 0 Å². The monoisotopic (exact) mass is 248 g/mol. The molecule has 1 atom stereocenters. The summed E-state index contributed by atoms with van der Waals surface area (Å²) in [5, 5.41) is 3.45. The highest BCUT2D eigenvalue weighted by molar-refractivity contribution is 5.27. The summed E-state index contributed by atoms with van der Waals surface area (Å²) < 4.78 is 5.79. The van der Waals surface area contributed by atoms with E-state index in [9.17, 15) is 0 Å². The van der Waals surface area contributed by atoms with Crippen LogP contribution < -0.4 is 10.1 Å². The Morgan fingerprint density at radius 2 is 2.33 bits per heavy atom. The number of likely N-dealkylation sites (N-methyl/N-ethyl adjacent to an activating group) is 1. The lowest BCUT2D eigenvalue weighted by atomic mass is 10.1. The predicted octanol–water partition coefficient (Wildman–Crippen LogP) is 2.06. The Kier molecular flexibility index (Phi) is 5.02. The van der Waals surface area contributed by atoms with Crippen molar-refractivity contribution in [1.82, 2.24) is 10.2 Å². The van der Waals surface area contributed by atoms with Gasteiger partial charge in [-0.05, 0) is 51.1 Å². The summed E-state index contributed by atoms with van der Waals surface area (Å²) in [4.78, 5) is 2.40. The largest absolute Gasteiger partial charge is 0.492 e. The van der Waals surface area contributed by atoms with E-state index in [0.717, 1.165) is 25.4 Å². The third-order valence-corrected chi connectivity index (χ3v) is 3.60. The van der Waals surface area contributed by atoms with Crippen molar-refractivity contribution in [2.45, 2.75) is 25.8 Å². The van der Waals surface area contributed by atoms with Crippen LogP contribution in [0.2, 0.25) is 0 Å². The number of aryl methyl sites for hydroxylation is 1. The molecule has 1 aliphatic rings. The van der Waals surface area contributed by atoms with E-state index in [0.29, 0.717) is 6.04 Å². The number of piperidine rings is 1. The van der Waals surface area contributed by atoms with Crippen molar-refractivity contribution in [3.8, 4) is 5.75 Å². The minimum absolute atomic E-state index is 0.667. The lowest BCUT2D eigenvalue weighted by molar-refractivity contribution is 0.168. The number of hydrogen-bond donors (Lipinski definition) is 1. The van der Waals surface area contributed by atoms with Gasteiger partial charge in [-0.3, -0.25) is 4.90 Å². The van der Waals surface area contributed by atoms with E-state index < -0.39 is 0 Å². The lowest BCUT2D eigenvalue weighted by Crippen LogP contribution is -2.45. The minimum atomic E-state index is 0.667. The second-order valence-corrected chi connectivity index (χ2v) is 5.15. The molecule has 18 heavy (non-hydrogen) atoms. The number of ether oxygens (including phenoxy) is 1. The molecule has 1 N–H and O–H groups in total. The van der Waals surface area contributed by atoms with Gasteiger partial charge in [0.25, 0.3) is 0 Å². The number of nitrogens with one attached hydrogen (secondary N) is 1. The molecular weight excluding hydrogens is 224 g/mol. The summed E-state index contributed by atoms with van der Waals surface area (Å²) in [5.41, 5.74) is 1.25. The van der Waals surface area contributed by atoms with E-state index in [-0.39, 0.29) is 0 Å². The third-order valence-electron chi connectivity index (χ3n) is 3.60. The van der Waals surface area contributed by atoms with E-state index in [4.69, 9.17) is 4.74 Å². The topological polar surface area (TPSA) is 24.5 Å². The first-order chi connectivity index (χ1) is 8.75. The molecule has 0 bridgehead atoms. The first-order valence-corrected chi connectivity index (χ1v) is 6.86. The van der Waals surface area contributed by atoms with Crippen LogP contribution in [0.25, 0.3) is 0 Å². The molecule has 1 aliphatic heterocycles. The van der Waals surface area contributed by atoms with Crippen molar-refractivity contribution in [2.24, 2.45) is 0 Å². The van der Waals surface area contributed by atoms with Crippen LogP contribution in [0.15, 0.2) is 24.3 Å². The van der Waals surface area contributed by atoms with Crippen LogP contribution in [0.4, 0.5) is 0 Å². The molecule has 3 nitrogen and oxygen atoms in total. The Morgan fingerprint density at radius 3 is 3.06 bits per heavy atom. The number of hydrogen-bond acceptors (Lipinski definition) is 3. The summed E-state index contributed by atoms with van der Waals surface area (Å²) in [6, 6.07) is 8.91. The standard InChI is InChI=1S/C15H24N2O/c1-13-5-3-7-15(11-13)18-10-9-17(2)14-6-4-8-16-12-14/h3,5,7,11,14,16H,4,6,8-10,12H2,1-2H3. The Hall–Kier alpha value is -1.06. The quantitative estimate of drug-likeness (QED) is 0.863. The van der Waals surface area contributed by atoms with Crippen molar-refractivity contribution < 1.29 is 4.74 Å². The van der Waals surface area contributed by atoms with E-state index in [1.165, 1.54) is 24.9 Å². The maximum absolute atomic E-state index is 5.79. The fraction of sp³-hybridized carbons (Fsp3) is 0.600. The molecule has 0 amide bonds. The van der Waals surface area contributed by atoms with Gasteiger partial charge >= 0.3 is 0 Å². The molecule has 1 heterocycles. The Bertz CT molecular complexity index is 361. The van der Waals surface area contributed by atoms with Crippen LogP contribution in [-0.4, -0.2) is 44.2 Å². The highest BCUT2D eigenvalue weighted by Gasteiger charge is 2.17. The molecule has 100 valence electrons. The molecule has 1 saturated heterocycles. The number of nitrogens with zero attached hydrogens (tertiary/aromatic N) is 1. The van der Waals surface area contributed by atoms with Crippen LogP contribution in [0, 0.1) is 6.92 Å². The van der Waals surface area contributed by atoms with Crippen LogP contribution in [0.3, 0.4) is 0 Å². The zero-order valence-corrected chi connectivity index (χ0v) is 11.5. The first kappa shape index (κ1) is 13.4. The molecule has 0 aromatic heterocycles. The molecule has 1 fully saturated rings. The van der Waals surface area contributed by atoms with Gasteiger partial charge in [-0.15, -0.1) is 0 Å². The summed E-state index contributed by atoms with van der Waals surface area (Å²) in [5.74, 6) is 0.977. The predicted molar refractivity (Wildman–Crippen MR) is 75.2 cm³/mol. The van der Waals surface area contributed by atoms with Gasteiger partial charge in [0.05, 0.1) is 0 Å². The van der Waals surface area contributed by atoms with Crippen LogP contribution in [0.1, 0.15) is 18.4 Å². The average molecular weight is 248 g/mol. The third kappa shape index (κ3) is 4.00. The second kappa shape index (κ2) is 6.76. The van der Waals surface area contributed by atoms with Crippen molar-refractivity contribution in [3.05, 3.63) is 29.8 Å². The zero-order chi connectivity index (χ0) is 12.8. The normalized spacial score (nSPS) is 20.1. The van der Waals surface area contributed by atoms with Crippen molar-refractivity contribution in [2.75, 3.05) is 33.3 Å². The van der Waals surface area contributed by atoms with Gasteiger partial charge in [-0.1, -0.05) is 12.1 Å². The van der Waals surface area contributed by atoms with Crippen molar-refractivity contribution in [1.29, 1.82) is 0 Å². The fourth-order valence-corrected chi connectivity index (χ4v) is 2.40. The van der Waals surface area contributed by atoms with Crippen LogP contribution in [0.5, 0.6) is 5.75 Å². The highest BCUT2D eigenvalue weighted by Crippen LogP contribution is 2.13. The molecule has 1 aromatic carbocycles. The molecule has 3 heteroatoms. The van der Waals surface area contributed by atoms with E-state index in [2.05, 4.69) is 36.3 Å². The van der Waals surface area contributed by atoms with E-state index in [1.807, 2.05) is 12.1 Å². The van der Waals surface area contributed by atoms with Gasteiger partial charge < -0.3 is 10.1 Å². The SMILES string of the molecule is Cc1cccc(OCCN(C)C2CCCNC2)c1. The van der Waals surface area contributed by atoms with E-state index in [1.54, 1.807) is 0 Å². The molecule has 2 rings (SSSR count). The maximum Gasteiger partial charge on any atom is 0.119 e. The van der Waals surface area contributed by atoms with Gasteiger partial charge in [0.1, 0.15) is 12.4 Å². The zero-order valence-electron chi connectivity index (χ0n) is 11.5. The summed E-state index contributed by atoms with van der Waals surface area (Å²) >= 11 is 0. The average Bonchev–Trinajstić information content (AvgIpc) is 2.40. The molecule has 1 aromatic rings. The van der Waals surface area contributed by atoms with Gasteiger partial charge in [-0.2, -0.15) is 0 Å². The van der Waals surface area contributed by atoms with Crippen LogP contribution in [-0.2, 0) is 0 Å². The van der Waals surface area contributed by atoms with Crippen LogP contribution >= 0.6 is 0 Å². The molecule has 0 spiro atoms. The van der Waals surface area contributed by atoms with Gasteiger partial charge in [0, 0.05) is 19.1 Å². The fourth-order valence-electron chi connectivity index (χ4n) is 2.40. The maximum atomic E-state index is 5.79. The lowest BCUT2D eigenvalue weighted by Gasteiger charge is -2.31. The number of rotatable bonds is 5. The molecule has 1 unspecified atom stereocenters. The molecular formula is C15H24N2O. The van der Waals surface area contributed by atoms with Gasteiger partial charge in [-0.25, -0.2) is 0 Å². The summed E-state index contributed by atoms with van der Waals surface area (Å²) in [7, 11) is 2.19. The Labute approximate surface area is 110 Å². The smallest absolute Gasteiger partial charge is 0.119 e. The van der Waals surface area contributed by atoms with Gasteiger partial charge in [0.15, 0.2) is 0 Å². The Balaban J connectivity index is 1.71. The molecule has 0 saturated carbocycles. The summed E-state index contributed by atoms with van der Waals surface area (Å²) in [6.07, 6.45) is 2.59. The molecule has 0 aliphatic carbocycles. The highest BCUT2D eigenvalue weighted by atomic mass is 16.5. The Morgan fingerprint density at radius 1 is 1.44 bits per heavy atom. The number of benzene rings is 1. The second-order valence-electron chi connectivity index (χ2n) is 5.15. The van der Waals surface area contributed by atoms with Crippen molar-refractivity contribution >= 4 is 0 Å². The molecule has 0 radical (unpaired) electrons. The minimum Gasteiger partial charge on any atom is -0.492 e. The van der Waals surface area contributed by atoms with Crippen molar-refractivity contribution in [3.63, 3.8) is 0 Å². The summed E-state index contributed by atoms with van der Waals surface area (Å²) in [6.45, 7) is 6.12. The first-order valence-electron chi connectivity index (χ1n) is 6.86. The van der Waals surface area contributed by atoms with E-state index >= 15 is 0 Å².